The number of nitro groups is 1. The molecule has 3 rings (SSSR count). The van der Waals surface area contributed by atoms with E-state index in [0.717, 1.165) is 29.1 Å². The van der Waals surface area contributed by atoms with Crippen molar-refractivity contribution in [1.82, 2.24) is 15.1 Å². The first-order valence-electron chi connectivity index (χ1n) is 8.64. The summed E-state index contributed by atoms with van der Waals surface area (Å²) in [5, 5.41) is 19.1. The molecule has 0 fully saturated rings. The Kier molecular flexibility index (Phi) is 5.43. The zero-order valence-corrected chi connectivity index (χ0v) is 14.9. The maximum absolute atomic E-state index is 10.9. The van der Waals surface area contributed by atoms with Crippen LogP contribution < -0.4 is 5.32 Å². The van der Waals surface area contributed by atoms with E-state index in [0.29, 0.717) is 12.5 Å². The third kappa shape index (κ3) is 4.15. The highest BCUT2D eigenvalue weighted by Gasteiger charge is 2.14. The topological polar surface area (TPSA) is 73.0 Å². The first kappa shape index (κ1) is 17.8. The molecule has 26 heavy (non-hydrogen) atoms. The number of benzene rings is 2. The van der Waals surface area contributed by atoms with Gasteiger partial charge in [-0.1, -0.05) is 32.0 Å². The van der Waals surface area contributed by atoms with Crippen molar-refractivity contribution in [2.75, 3.05) is 6.54 Å². The Morgan fingerprint density at radius 3 is 2.42 bits per heavy atom. The summed E-state index contributed by atoms with van der Waals surface area (Å²) >= 11 is 0. The predicted octanol–water partition coefficient (Wildman–Crippen LogP) is 4.19. The molecule has 134 valence electrons. The van der Waals surface area contributed by atoms with Crippen molar-refractivity contribution in [3.8, 4) is 16.9 Å². The van der Waals surface area contributed by atoms with Crippen molar-refractivity contribution in [2.45, 2.75) is 20.4 Å². The van der Waals surface area contributed by atoms with Gasteiger partial charge in [-0.15, -0.1) is 0 Å². The lowest BCUT2D eigenvalue weighted by atomic mass is 10.1. The molecule has 0 aliphatic rings. The fourth-order valence-electron chi connectivity index (χ4n) is 2.73. The van der Waals surface area contributed by atoms with Gasteiger partial charge in [0.1, 0.15) is 0 Å². The van der Waals surface area contributed by atoms with Crippen LogP contribution in [0.3, 0.4) is 0 Å². The molecule has 0 aliphatic carbocycles. The highest BCUT2D eigenvalue weighted by Crippen LogP contribution is 2.25. The van der Waals surface area contributed by atoms with E-state index in [1.807, 2.05) is 41.2 Å². The normalized spacial score (nSPS) is 11.0. The number of hydrogen-bond donors (Lipinski definition) is 1. The van der Waals surface area contributed by atoms with Gasteiger partial charge in [0.05, 0.1) is 16.3 Å². The molecule has 1 aromatic heterocycles. The Balaban J connectivity index is 1.95. The second-order valence-electron chi connectivity index (χ2n) is 6.61. The molecule has 0 radical (unpaired) electrons. The van der Waals surface area contributed by atoms with E-state index in [9.17, 15) is 10.1 Å². The number of rotatable bonds is 7. The summed E-state index contributed by atoms with van der Waals surface area (Å²) in [6.45, 7) is 5.93. The van der Waals surface area contributed by atoms with Crippen LogP contribution in [0.5, 0.6) is 0 Å². The van der Waals surface area contributed by atoms with Crippen LogP contribution in [0.2, 0.25) is 0 Å². The Bertz CT molecular complexity index is 871. The van der Waals surface area contributed by atoms with E-state index in [1.54, 1.807) is 12.1 Å². The van der Waals surface area contributed by atoms with Crippen molar-refractivity contribution in [3.63, 3.8) is 0 Å². The SMILES string of the molecule is CC(C)CNCc1cn(-c2ccccc2)nc1-c1ccc([N+](=O)[O-])cc1. The smallest absolute Gasteiger partial charge is 0.269 e. The van der Waals surface area contributed by atoms with E-state index in [2.05, 4.69) is 19.2 Å². The minimum atomic E-state index is -0.391. The molecule has 0 amide bonds. The Morgan fingerprint density at radius 2 is 1.81 bits per heavy atom. The van der Waals surface area contributed by atoms with Gasteiger partial charge in [0.15, 0.2) is 0 Å². The van der Waals surface area contributed by atoms with Crippen molar-refractivity contribution in [3.05, 3.63) is 76.5 Å². The lowest BCUT2D eigenvalue weighted by molar-refractivity contribution is -0.384. The Morgan fingerprint density at radius 1 is 1.12 bits per heavy atom. The van der Waals surface area contributed by atoms with E-state index in [1.165, 1.54) is 12.1 Å². The molecule has 2 aromatic carbocycles. The van der Waals surface area contributed by atoms with E-state index in [-0.39, 0.29) is 5.69 Å². The number of hydrogen-bond acceptors (Lipinski definition) is 4. The van der Waals surface area contributed by atoms with Gasteiger partial charge in [0, 0.05) is 36.0 Å². The van der Waals surface area contributed by atoms with Crippen molar-refractivity contribution < 1.29 is 4.92 Å². The van der Waals surface area contributed by atoms with Crippen LogP contribution in [0.25, 0.3) is 16.9 Å². The Hall–Kier alpha value is -2.99. The molecule has 0 aliphatic heterocycles. The highest BCUT2D eigenvalue weighted by molar-refractivity contribution is 5.64. The van der Waals surface area contributed by atoms with Crippen LogP contribution >= 0.6 is 0 Å². The summed E-state index contributed by atoms with van der Waals surface area (Å²) in [6, 6.07) is 16.4. The van der Waals surface area contributed by atoms with Gasteiger partial charge in [-0.3, -0.25) is 10.1 Å². The molecular weight excluding hydrogens is 328 g/mol. The van der Waals surface area contributed by atoms with E-state index >= 15 is 0 Å². The summed E-state index contributed by atoms with van der Waals surface area (Å²) in [6.07, 6.45) is 2.01. The summed E-state index contributed by atoms with van der Waals surface area (Å²) in [7, 11) is 0. The second kappa shape index (κ2) is 7.93. The van der Waals surface area contributed by atoms with E-state index < -0.39 is 4.92 Å². The molecule has 0 unspecified atom stereocenters. The average Bonchev–Trinajstić information content (AvgIpc) is 3.06. The standard InChI is InChI=1S/C20H22N4O2/c1-15(2)12-21-13-17-14-23(18-6-4-3-5-7-18)22-20(17)16-8-10-19(11-9-16)24(25)26/h3-11,14-15,21H,12-13H2,1-2H3. The van der Waals surface area contributed by atoms with Crippen LogP contribution in [0.4, 0.5) is 5.69 Å². The monoisotopic (exact) mass is 350 g/mol. The number of para-hydroxylation sites is 1. The molecule has 0 saturated heterocycles. The average molecular weight is 350 g/mol. The molecule has 1 heterocycles. The van der Waals surface area contributed by atoms with Crippen molar-refractivity contribution in [1.29, 1.82) is 0 Å². The number of aromatic nitrogens is 2. The van der Waals surface area contributed by atoms with Gasteiger partial charge in [-0.05, 0) is 36.7 Å². The van der Waals surface area contributed by atoms with E-state index in [4.69, 9.17) is 5.10 Å². The number of non-ortho nitro benzene ring substituents is 1. The minimum absolute atomic E-state index is 0.0794. The fourth-order valence-corrected chi connectivity index (χ4v) is 2.73. The zero-order valence-electron chi connectivity index (χ0n) is 14.9. The summed E-state index contributed by atoms with van der Waals surface area (Å²) in [4.78, 5) is 10.5. The lowest BCUT2D eigenvalue weighted by Gasteiger charge is -2.07. The number of nitrogens with one attached hydrogen (secondary N) is 1. The first-order valence-corrected chi connectivity index (χ1v) is 8.64. The summed E-state index contributed by atoms with van der Waals surface area (Å²) in [5.41, 5.74) is 3.82. The molecule has 0 spiro atoms. The van der Waals surface area contributed by atoms with Crippen LogP contribution in [0, 0.1) is 16.0 Å². The van der Waals surface area contributed by atoms with Gasteiger partial charge >= 0.3 is 0 Å². The highest BCUT2D eigenvalue weighted by atomic mass is 16.6. The molecule has 1 N–H and O–H groups in total. The maximum Gasteiger partial charge on any atom is 0.269 e. The summed E-state index contributed by atoms with van der Waals surface area (Å²) < 4.78 is 1.85. The van der Waals surface area contributed by atoms with Crippen LogP contribution in [0.1, 0.15) is 19.4 Å². The van der Waals surface area contributed by atoms with Crippen molar-refractivity contribution >= 4 is 5.69 Å². The zero-order chi connectivity index (χ0) is 18.5. The Labute approximate surface area is 152 Å². The number of nitrogens with zero attached hydrogens (tertiary/aromatic N) is 3. The lowest BCUT2D eigenvalue weighted by Crippen LogP contribution is -2.19. The van der Waals surface area contributed by atoms with Gasteiger partial charge in [0.2, 0.25) is 0 Å². The fraction of sp³-hybridized carbons (Fsp3) is 0.250. The quantitative estimate of drug-likeness (QED) is 0.512. The summed E-state index contributed by atoms with van der Waals surface area (Å²) in [5.74, 6) is 0.557. The van der Waals surface area contributed by atoms with Crippen molar-refractivity contribution in [2.24, 2.45) is 5.92 Å². The molecule has 0 atom stereocenters. The predicted molar refractivity (Wildman–Crippen MR) is 102 cm³/mol. The first-order chi connectivity index (χ1) is 12.5. The van der Waals surface area contributed by atoms with Gasteiger partial charge in [-0.2, -0.15) is 5.10 Å². The molecule has 0 bridgehead atoms. The van der Waals surface area contributed by atoms with Gasteiger partial charge in [0.25, 0.3) is 5.69 Å². The van der Waals surface area contributed by atoms with Crippen LogP contribution in [0.15, 0.2) is 60.8 Å². The largest absolute Gasteiger partial charge is 0.312 e. The van der Waals surface area contributed by atoms with Crippen LogP contribution in [-0.4, -0.2) is 21.2 Å². The minimum Gasteiger partial charge on any atom is -0.312 e. The number of nitro benzene ring substituents is 1. The molecule has 6 nitrogen and oxygen atoms in total. The third-order valence-corrected chi connectivity index (χ3v) is 4.03. The van der Waals surface area contributed by atoms with Gasteiger partial charge < -0.3 is 5.32 Å². The third-order valence-electron chi connectivity index (χ3n) is 4.03. The maximum atomic E-state index is 10.9. The molecular formula is C20H22N4O2. The van der Waals surface area contributed by atoms with Crippen LogP contribution in [-0.2, 0) is 6.54 Å². The molecule has 3 aromatic rings. The second-order valence-corrected chi connectivity index (χ2v) is 6.61. The molecule has 6 heteroatoms. The molecule has 0 saturated carbocycles. The van der Waals surface area contributed by atoms with Gasteiger partial charge in [-0.25, -0.2) is 4.68 Å².